The number of aryl methyl sites for hydroxylation is 1. The Bertz CT molecular complexity index is 748. The van der Waals surface area contributed by atoms with Crippen molar-refractivity contribution in [1.29, 1.82) is 0 Å². The molecule has 3 aromatic rings. The van der Waals surface area contributed by atoms with Crippen molar-refractivity contribution in [2.45, 2.75) is 6.92 Å². The molecule has 0 fully saturated rings. The van der Waals surface area contributed by atoms with E-state index in [0.717, 1.165) is 22.5 Å². The Balaban J connectivity index is 2.31. The second kappa shape index (κ2) is 4.01. The Morgan fingerprint density at radius 3 is 2.61 bits per heavy atom. The second-order valence-corrected chi connectivity index (χ2v) is 4.11. The maximum atomic E-state index is 7.03. The van der Waals surface area contributed by atoms with Gasteiger partial charge in [0.2, 0.25) is 0 Å². The number of aromatic nitrogens is 2. The average molecular weight is 233 g/mol. The molecule has 0 saturated carbocycles. The van der Waals surface area contributed by atoms with Crippen molar-refractivity contribution in [3.8, 4) is 5.69 Å². The fourth-order valence-corrected chi connectivity index (χ4v) is 2.16. The fraction of sp³-hybridized carbons (Fsp3) is 0.0667. The Kier molecular flexibility index (Phi) is 2.35. The number of benzene rings is 2. The highest BCUT2D eigenvalue weighted by Gasteiger charge is 2.09. The van der Waals surface area contributed by atoms with E-state index in [-0.39, 0.29) is 0 Å². The first kappa shape index (κ1) is 10.5. The van der Waals surface area contributed by atoms with E-state index in [1.807, 2.05) is 43.3 Å². The Hall–Kier alpha value is -2.60. The summed E-state index contributed by atoms with van der Waals surface area (Å²) >= 11 is 0. The zero-order valence-electron chi connectivity index (χ0n) is 9.96. The van der Waals surface area contributed by atoms with Gasteiger partial charge in [0.1, 0.15) is 5.82 Å². The first-order chi connectivity index (χ1) is 8.79. The van der Waals surface area contributed by atoms with Gasteiger partial charge in [-0.3, -0.25) is 4.57 Å². The summed E-state index contributed by atoms with van der Waals surface area (Å²) in [5.41, 5.74) is 3.62. The SMILES string of the molecule is [C-]#[N+]c1ccc2c(c1)nc(C)n2-c1ccccc1. The molecule has 3 nitrogen and oxygen atoms in total. The van der Waals surface area contributed by atoms with E-state index in [2.05, 4.69) is 26.5 Å². The summed E-state index contributed by atoms with van der Waals surface area (Å²) in [6.45, 7) is 9.01. The van der Waals surface area contributed by atoms with Crippen LogP contribution >= 0.6 is 0 Å². The molecule has 18 heavy (non-hydrogen) atoms. The van der Waals surface area contributed by atoms with Gasteiger partial charge in [0.25, 0.3) is 0 Å². The van der Waals surface area contributed by atoms with E-state index in [0.29, 0.717) is 5.69 Å². The van der Waals surface area contributed by atoms with Gasteiger partial charge in [0.05, 0.1) is 17.6 Å². The highest BCUT2D eigenvalue weighted by molar-refractivity contribution is 5.82. The van der Waals surface area contributed by atoms with Gasteiger partial charge in [-0.1, -0.05) is 24.3 Å². The van der Waals surface area contributed by atoms with Crippen LogP contribution in [0.4, 0.5) is 5.69 Å². The lowest BCUT2D eigenvalue weighted by Crippen LogP contribution is -1.95. The van der Waals surface area contributed by atoms with E-state index >= 15 is 0 Å². The molecule has 0 amide bonds. The van der Waals surface area contributed by atoms with Crippen molar-refractivity contribution in [1.82, 2.24) is 9.55 Å². The zero-order chi connectivity index (χ0) is 12.5. The van der Waals surface area contributed by atoms with Crippen LogP contribution in [0.3, 0.4) is 0 Å². The predicted octanol–water partition coefficient (Wildman–Crippen LogP) is 3.88. The first-order valence-corrected chi connectivity index (χ1v) is 5.71. The van der Waals surface area contributed by atoms with Crippen molar-refractivity contribution in [3.05, 3.63) is 65.8 Å². The molecule has 0 spiro atoms. The number of nitrogens with zero attached hydrogens (tertiary/aromatic N) is 3. The van der Waals surface area contributed by atoms with E-state index in [9.17, 15) is 0 Å². The van der Waals surface area contributed by atoms with Gasteiger partial charge in [-0.2, -0.15) is 0 Å². The lowest BCUT2D eigenvalue weighted by molar-refractivity contribution is 1.00. The summed E-state index contributed by atoms with van der Waals surface area (Å²) < 4.78 is 2.10. The maximum Gasteiger partial charge on any atom is 0.189 e. The molecule has 0 aliphatic heterocycles. The van der Waals surface area contributed by atoms with Gasteiger partial charge in [0.15, 0.2) is 5.69 Å². The molecule has 0 radical (unpaired) electrons. The predicted molar refractivity (Wildman–Crippen MR) is 72.1 cm³/mol. The number of fused-ring (bicyclic) bond motifs is 1. The quantitative estimate of drug-likeness (QED) is 0.584. The van der Waals surface area contributed by atoms with Crippen LogP contribution in [0.15, 0.2) is 48.5 Å². The van der Waals surface area contributed by atoms with Crippen LogP contribution in [0.2, 0.25) is 0 Å². The van der Waals surface area contributed by atoms with Crippen LogP contribution in [0.1, 0.15) is 5.82 Å². The third-order valence-electron chi connectivity index (χ3n) is 2.95. The van der Waals surface area contributed by atoms with Crippen molar-refractivity contribution in [2.75, 3.05) is 0 Å². The van der Waals surface area contributed by atoms with Gasteiger partial charge in [0, 0.05) is 5.69 Å². The Morgan fingerprint density at radius 1 is 1.11 bits per heavy atom. The maximum absolute atomic E-state index is 7.03. The third-order valence-corrected chi connectivity index (χ3v) is 2.95. The summed E-state index contributed by atoms with van der Waals surface area (Å²) in [5, 5.41) is 0. The molecule has 0 aliphatic carbocycles. The lowest BCUT2D eigenvalue weighted by Gasteiger charge is -2.06. The standard InChI is InChI=1S/C15H11N3/c1-11-17-14-10-12(16-2)8-9-15(14)18(11)13-6-4-3-5-7-13/h3-10H,1H3. The molecular weight excluding hydrogens is 222 g/mol. The van der Waals surface area contributed by atoms with Gasteiger partial charge < -0.3 is 0 Å². The minimum Gasteiger partial charge on any atom is -0.297 e. The molecule has 0 N–H and O–H groups in total. The Morgan fingerprint density at radius 2 is 1.89 bits per heavy atom. The van der Waals surface area contributed by atoms with E-state index in [1.165, 1.54) is 0 Å². The molecule has 0 aliphatic rings. The van der Waals surface area contributed by atoms with Crippen LogP contribution in [-0.2, 0) is 0 Å². The topological polar surface area (TPSA) is 22.2 Å². The molecule has 1 heterocycles. The molecule has 3 heteroatoms. The van der Waals surface area contributed by atoms with Gasteiger partial charge in [-0.05, 0) is 31.2 Å². The minimum atomic E-state index is 0.625. The fourth-order valence-electron chi connectivity index (χ4n) is 2.16. The highest BCUT2D eigenvalue weighted by Crippen LogP contribution is 2.24. The number of imidazole rings is 1. The summed E-state index contributed by atoms with van der Waals surface area (Å²) in [7, 11) is 0. The molecule has 2 aromatic carbocycles. The smallest absolute Gasteiger partial charge is 0.189 e. The van der Waals surface area contributed by atoms with Crippen LogP contribution in [-0.4, -0.2) is 9.55 Å². The molecule has 86 valence electrons. The molecular formula is C15H11N3. The van der Waals surface area contributed by atoms with Crippen LogP contribution in [0.5, 0.6) is 0 Å². The third kappa shape index (κ3) is 1.56. The van der Waals surface area contributed by atoms with Gasteiger partial charge in [-0.15, -0.1) is 0 Å². The van der Waals surface area contributed by atoms with E-state index in [1.54, 1.807) is 0 Å². The second-order valence-electron chi connectivity index (χ2n) is 4.11. The first-order valence-electron chi connectivity index (χ1n) is 5.71. The Labute approximate surface area is 105 Å². The van der Waals surface area contributed by atoms with E-state index in [4.69, 9.17) is 6.57 Å². The highest BCUT2D eigenvalue weighted by atomic mass is 15.1. The molecule has 1 aromatic heterocycles. The largest absolute Gasteiger partial charge is 0.297 e. The summed E-state index contributed by atoms with van der Waals surface area (Å²) in [5.74, 6) is 0.929. The summed E-state index contributed by atoms with van der Waals surface area (Å²) in [6.07, 6.45) is 0. The number of hydrogen-bond donors (Lipinski definition) is 0. The molecule has 0 atom stereocenters. The van der Waals surface area contributed by atoms with Crippen molar-refractivity contribution in [2.24, 2.45) is 0 Å². The molecule has 0 unspecified atom stereocenters. The van der Waals surface area contributed by atoms with Crippen molar-refractivity contribution < 1.29 is 0 Å². The monoisotopic (exact) mass is 233 g/mol. The lowest BCUT2D eigenvalue weighted by atomic mass is 10.2. The van der Waals surface area contributed by atoms with E-state index < -0.39 is 0 Å². The summed E-state index contributed by atoms with van der Waals surface area (Å²) in [6, 6.07) is 15.7. The van der Waals surface area contributed by atoms with Crippen LogP contribution in [0, 0.1) is 13.5 Å². The normalized spacial score (nSPS) is 10.4. The molecule has 3 rings (SSSR count). The van der Waals surface area contributed by atoms with Gasteiger partial charge >= 0.3 is 0 Å². The zero-order valence-corrected chi connectivity index (χ0v) is 9.96. The van der Waals surface area contributed by atoms with Gasteiger partial charge in [-0.25, -0.2) is 9.83 Å². The molecule has 0 saturated heterocycles. The summed E-state index contributed by atoms with van der Waals surface area (Å²) in [4.78, 5) is 7.95. The number of para-hydroxylation sites is 1. The van der Waals surface area contributed by atoms with Crippen molar-refractivity contribution >= 4 is 16.7 Å². The average Bonchev–Trinajstić information content (AvgIpc) is 2.74. The van der Waals surface area contributed by atoms with Crippen molar-refractivity contribution in [3.63, 3.8) is 0 Å². The minimum absolute atomic E-state index is 0.625. The van der Waals surface area contributed by atoms with Crippen LogP contribution in [0.25, 0.3) is 21.6 Å². The molecule has 0 bridgehead atoms. The van der Waals surface area contributed by atoms with Crippen LogP contribution < -0.4 is 0 Å². The number of rotatable bonds is 1. The number of hydrogen-bond acceptors (Lipinski definition) is 1.